The summed E-state index contributed by atoms with van der Waals surface area (Å²) >= 11 is 0. The molecule has 1 saturated heterocycles. The molecular weight excluding hydrogens is 486 g/mol. The molecule has 0 unspecified atom stereocenters. The van der Waals surface area contributed by atoms with Gasteiger partial charge in [-0.15, -0.1) is 0 Å². The van der Waals surface area contributed by atoms with Gasteiger partial charge in [0.2, 0.25) is 11.8 Å². The maximum absolute atomic E-state index is 13.6. The molecule has 6 rings (SSSR count). The van der Waals surface area contributed by atoms with Crippen LogP contribution in [-0.2, 0) is 19.1 Å². The van der Waals surface area contributed by atoms with Crippen LogP contribution in [0.5, 0.6) is 0 Å². The van der Waals surface area contributed by atoms with E-state index in [0.29, 0.717) is 19.6 Å². The lowest BCUT2D eigenvalue weighted by atomic mass is 9.55. The highest BCUT2D eigenvalue weighted by atomic mass is 16.5. The molecule has 2 aromatic rings. The van der Waals surface area contributed by atoms with E-state index in [9.17, 15) is 14.4 Å². The summed E-state index contributed by atoms with van der Waals surface area (Å²) in [6.45, 7) is 3.18. The third-order valence-electron chi connectivity index (χ3n) is 9.06. The van der Waals surface area contributed by atoms with Crippen LogP contribution in [0.25, 0.3) is 0 Å². The number of esters is 1. The van der Waals surface area contributed by atoms with E-state index in [1.54, 1.807) is 0 Å². The normalized spacial score (nSPS) is 22.5. The van der Waals surface area contributed by atoms with Crippen LogP contribution in [0.3, 0.4) is 0 Å². The van der Waals surface area contributed by atoms with Gasteiger partial charge in [-0.2, -0.15) is 0 Å². The largest absolute Gasteiger partial charge is 0.466 e. The smallest absolute Gasteiger partial charge is 0.305 e. The van der Waals surface area contributed by atoms with E-state index >= 15 is 0 Å². The number of ether oxygens (including phenoxy) is 1. The average molecular weight is 530 g/mol. The fourth-order valence-corrected chi connectivity index (χ4v) is 7.17. The van der Waals surface area contributed by atoms with Gasteiger partial charge in [0.1, 0.15) is 0 Å². The summed E-state index contributed by atoms with van der Waals surface area (Å²) in [5, 5.41) is 0. The van der Waals surface area contributed by atoms with Crippen LogP contribution in [0.15, 0.2) is 48.5 Å². The molecule has 3 aliphatic carbocycles. The first-order chi connectivity index (χ1) is 19.1. The van der Waals surface area contributed by atoms with E-state index < -0.39 is 0 Å². The molecule has 0 saturated carbocycles. The first-order valence-corrected chi connectivity index (χ1v) is 15.3. The maximum atomic E-state index is 13.6. The van der Waals surface area contributed by atoms with Crippen molar-refractivity contribution in [2.75, 3.05) is 13.2 Å². The Bertz CT molecular complexity index is 1060. The van der Waals surface area contributed by atoms with Gasteiger partial charge in [-0.1, -0.05) is 107 Å². The first kappa shape index (κ1) is 27.6. The van der Waals surface area contributed by atoms with Crippen molar-refractivity contribution in [1.29, 1.82) is 0 Å². The zero-order chi connectivity index (χ0) is 27.2. The molecular formula is C34H43NO4. The van der Waals surface area contributed by atoms with Crippen LogP contribution in [0.4, 0.5) is 0 Å². The molecule has 5 nitrogen and oxygen atoms in total. The number of carbonyl (C=O) groups is 3. The number of unbranched alkanes of at least 4 members (excludes halogenated alkanes) is 9. The number of likely N-dealkylation sites (tertiary alicyclic amines) is 1. The van der Waals surface area contributed by atoms with Crippen LogP contribution in [0.2, 0.25) is 0 Å². The highest BCUT2D eigenvalue weighted by molar-refractivity contribution is 6.07. The topological polar surface area (TPSA) is 63.7 Å². The first-order valence-electron chi connectivity index (χ1n) is 15.3. The fourth-order valence-electron chi connectivity index (χ4n) is 7.17. The number of hydrogen-bond acceptors (Lipinski definition) is 4. The zero-order valence-electron chi connectivity index (χ0n) is 23.4. The predicted octanol–water partition coefficient (Wildman–Crippen LogP) is 7.12. The second-order valence-corrected chi connectivity index (χ2v) is 11.6. The lowest BCUT2D eigenvalue weighted by molar-refractivity contribution is -0.144. The summed E-state index contributed by atoms with van der Waals surface area (Å²) in [7, 11) is 0. The van der Waals surface area contributed by atoms with Crippen LogP contribution >= 0.6 is 0 Å². The Morgan fingerprint density at radius 3 is 1.64 bits per heavy atom. The Balaban J connectivity index is 1.06. The number of nitrogens with zero attached hydrogens (tertiary/aromatic N) is 1. The van der Waals surface area contributed by atoms with Crippen LogP contribution in [-0.4, -0.2) is 35.8 Å². The van der Waals surface area contributed by atoms with Crippen LogP contribution in [0, 0.1) is 11.8 Å². The summed E-state index contributed by atoms with van der Waals surface area (Å²) in [5.74, 6) is -0.890. The van der Waals surface area contributed by atoms with Gasteiger partial charge >= 0.3 is 5.97 Å². The van der Waals surface area contributed by atoms with Crippen molar-refractivity contribution < 1.29 is 19.1 Å². The molecule has 0 spiro atoms. The third-order valence-corrected chi connectivity index (χ3v) is 9.06. The van der Waals surface area contributed by atoms with E-state index in [4.69, 9.17) is 4.74 Å². The maximum Gasteiger partial charge on any atom is 0.305 e. The van der Waals surface area contributed by atoms with Gasteiger partial charge in [0.25, 0.3) is 0 Å². The molecule has 2 atom stereocenters. The molecule has 2 aromatic carbocycles. The number of benzene rings is 2. The molecule has 4 aliphatic rings. The van der Waals surface area contributed by atoms with E-state index in [1.807, 2.05) is 24.3 Å². The molecule has 2 bridgehead atoms. The van der Waals surface area contributed by atoms with Crippen molar-refractivity contribution in [3.63, 3.8) is 0 Å². The van der Waals surface area contributed by atoms with Gasteiger partial charge in [-0.25, -0.2) is 0 Å². The van der Waals surface area contributed by atoms with Crippen LogP contribution < -0.4 is 0 Å². The number of imide groups is 1. The second kappa shape index (κ2) is 12.9. The highest BCUT2D eigenvalue weighted by Crippen LogP contribution is 2.60. The number of rotatable bonds is 15. The average Bonchev–Trinajstić information content (AvgIpc) is 3.21. The molecule has 0 aromatic heterocycles. The van der Waals surface area contributed by atoms with Crippen molar-refractivity contribution in [1.82, 2.24) is 4.90 Å². The molecule has 1 heterocycles. The van der Waals surface area contributed by atoms with E-state index in [0.717, 1.165) is 32.1 Å². The standard InChI is InChI=1S/C34H43NO4/c1-2-3-4-5-6-7-8-16-23-39-28(36)21-10-9-15-22-35-33(37)31-29-24-17-11-12-18-25(24)30(32(31)34(35)38)27-20-14-13-19-26(27)29/h11-14,17-20,29-32H,2-10,15-16,21-23H2,1H3/t29?,30?,31-,32+. The molecule has 1 fully saturated rings. The molecule has 39 heavy (non-hydrogen) atoms. The highest BCUT2D eigenvalue weighted by Gasteiger charge is 2.61. The van der Waals surface area contributed by atoms with Gasteiger partial charge in [0, 0.05) is 24.8 Å². The minimum atomic E-state index is -0.307. The van der Waals surface area contributed by atoms with E-state index in [1.165, 1.54) is 65.7 Å². The molecule has 2 amide bonds. The Morgan fingerprint density at radius 1 is 0.667 bits per heavy atom. The van der Waals surface area contributed by atoms with Gasteiger partial charge in [-0.05, 0) is 41.5 Å². The SMILES string of the molecule is CCCCCCCCCCOC(=O)CCCCCN1C(=O)[C@@H]2C3c4ccccc4C(c4ccccc43)[C@@H]2C1=O. The number of amides is 2. The summed E-state index contributed by atoms with van der Waals surface area (Å²) in [6.07, 6.45) is 12.4. The zero-order valence-corrected chi connectivity index (χ0v) is 23.4. The van der Waals surface area contributed by atoms with Gasteiger partial charge < -0.3 is 4.74 Å². The fraction of sp³-hybridized carbons (Fsp3) is 0.559. The summed E-state index contributed by atoms with van der Waals surface area (Å²) in [6, 6.07) is 16.7. The van der Waals surface area contributed by atoms with E-state index in [2.05, 4.69) is 31.2 Å². The minimum Gasteiger partial charge on any atom is -0.466 e. The molecule has 0 N–H and O–H groups in total. The summed E-state index contributed by atoms with van der Waals surface area (Å²) in [4.78, 5) is 40.9. The Labute approximate surface area is 233 Å². The minimum absolute atomic E-state index is 0.0196. The molecule has 208 valence electrons. The number of carbonyl (C=O) groups excluding carboxylic acids is 3. The van der Waals surface area contributed by atoms with Crippen molar-refractivity contribution in [3.05, 3.63) is 70.8 Å². The monoisotopic (exact) mass is 529 g/mol. The van der Waals surface area contributed by atoms with Crippen LogP contribution in [0.1, 0.15) is 118 Å². The van der Waals surface area contributed by atoms with Gasteiger partial charge in [0.15, 0.2) is 0 Å². The summed E-state index contributed by atoms with van der Waals surface area (Å²) < 4.78 is 5.40. The Morgan fingerprint density at radius 2 is 1.13 bits per heavy atom. The van der Waals surface area contributed by atoms with Crippen molar-refractivity contribution >= 4 is 17.8 Å². The van der Waals surface area contributed by atoms with E-state index in [-0.39, 0.29) is 41.5 Å². The van der Waals surface area contributed by atoms with Gasteiger partial charge in [-0.3, -0.25) is 19.3 Å². The molecule has 1 aliphatic heterocycles. The predicted molar refractivity (Wildman–Crippen MR) is 152 cm³/mol. The summed E-state index contributed by atoms with van der Waals surface area (Å²) in [5.41, 5.74) is 4.82. The van der Waals surface area contributed by atoms with Crippen molar-refractivity contribution in [2.45, 2.75) is 95.8 Å². The Hall–Kier alpha value is -2.95. The molecule has 0 radical (unpaired) electrons. The number of hydrogen-bond donors (Lipinski definition) is 0. The lowest BCUT2D eigenvalue weighted by Crippen LogP contribution is -2.41. The quantitative estimate of drug-likeness (QED) is 0.140. The lowest BCUT2D eigenvalue weighted by Gasteiger charge is -2.45. The second-order valence-electron chi connectivity index (χ2n) is 11.6. The molecule has 5 heteroatoms. The van der Waals surface area contributed by atoms with Crippen molar-refractivity contribution in [3.8, 4) is 0 Å². The third kappa shape index (κ3) is 5.69. The van der Waals surface area contributed by atoms with Gasteiger partial charge in [0.05, 0.1) is 18.4 Å². The van der Waals surface area contributed by atoms with Crippen molar-refractivity contribution in [2.24, 2.45) is 11.8 Å². The Kier molecular flexibility index (Phi) is 9.16.